The first-order valence-electron chi connectivity index (χ1n) is 9.13. The second-order valence-electron chi connectivity index (χ2n) is 6.97. The van der Waals surface area contributed by atoms with Crippen molar-refractivity contribution in [2.45, 2.75) is 64.6 Å². The van der Waals surface area contributed by atoms with Gasteiger partial charge >= 0.3 is 0 Å². The fourth-order valence-electron chi connectivity index (χ4n) is 3.12. The van der Waals surface area contributed by atoms with Gasteiger partial charge in [0.1, 0.15) is 0 Å². The molecule has 0 unspecified atom stereocenters. The smallest absolute Gasteiger partial charge is 0.157 e. The zero-order valence-electron chi connectivity index (χ0n) is 14.6. The van der Waals surface area contributed by atoms with Crippen LogP contribution in [0.25, 0.3) is 0 Å². The standard InChI is InChI=1S/C21H32O2/c1-3-21(2,16-14-19-11-6-4-7-12-19)15-9-5-8-13-20-22-17-10-18-23-20/h3-4,6-7,11-12,20H,1,5,8-10,13-18H2,2H3/t21-/m1/s1. The summed E-state index contributed by atoms with van der Waals surface area (Å²) in [6.45, 7) is 8.14. The first-order valence-corrected chi connectivity index (χ1v) is 9.13. The van der Waals surface area contributed by atoms with E-state index in [0.717, 1.165) is 32.5 Å². The molecule has 0 spiro atoms. The monoisotopic (exact) mass is 316 g/mol. The number of rotatable bonds is 10. The van der Waals surface area contributed by atoms with E-state index in [1.165, 1.54) is 37.7 Å². The molecule has 1 aromatic rings. The third-order valence-electron chi connectivity index (χ3n) is 4.90. The lowest BCUT2D eigenvalue weighted by Gasteiger charge is -2.26. The quantitative estimate of drug-likeness (QED) is 0.417. The van der Waals surface area contributed by atoms with Crippen molar-refractivity contribution in [3.8, 4) is 0 Å². The number of hydrogen-bond donors (Lipinski definition) is 0. The van der Waals surface area contributed by atoms with Crippen LogP contribution in [-0.2, 0) is 15.9 Å². The van der Waals surface area contributed by atoms with E-state index in [4.69, 9.17) is 9.47 Å². The maximum absolute atomic E-state index is 5.60. The minimum atomic E-state index is 0.0487. The summed E-state index contributed by atoms with van der Waals surface area (Å²) in [6.07, 6.45) is 11.5. The Morgan fingerprint density at radius 2 is 1.83 bits per heavy atom. The highest BCUT2D eigenvalue weighted by Crippen LogP contribution is 2.31. The summed E-state index contributed by atoms with van der Waals surface area (Å²) >= 11 is 0. The second-order valence-corrected chi connectivity index (χ2v) is 6.97. The molecule has 0 N–H and O–H groups in total. The molecule has 2 rings (SSSR count). The van der Waals surface area contributed by atoms with Gasteiger partial charge in [-0.05, 0) is 49.5 Å². The summed E-state index contributed by atoms with van der Waals surface area (Å²) in [5.74, 6) is 0. The Balaban J connectivity index is 1.62. The van der Waals surface area contributed by atoms with Crippen LogP contribution in [0.5, 0.6) is 0 Å². The molecule has 1 atom stereocenters. The number of ether oxygens (including phenoxy) is 2. The topological polar surface area (TPSA) is 18.5 Å². The highest BCUT2D eigenvalue weighted by Gasteiger charge is 2.20. The lowest BCUT2D eigenvalue weighted by molar-refractivity contribution is -0.181. The Morgan fingerprint density at radius 3 is 2.52 bits per heavy atom. The average Bonchev–Trinajstić information content (AvgIpc) is 2.61. The fraction of sp³-hybridized carbons (Fsp3) is 0.619. The Labute approximate surface area is 141 Å². The zero-order valence-corrected chi connectivity index (χ0v) is 14.6. The predicted octanol–water partition coefficient (Wildman–Crippen LogP) is 5.53. The van der Waals surface area contributed by atoms with Crippen molar-refractivity contribution in [3.05, 3.63) is 48.6 Å². The van der Waals surface area contributed by atoms with Crippen molar-refractivity contribution >= 4 is 0 Å². The molecule has 23 heavy (non-hydrogen) atoms. The van der Waals surface area contributed by atoms with Gasteiger partial charge < -0.3 is 9.47 Å². The van der Waals surface area contributed by atoms with E-state index in [0.29, 0.717) is 0 Å². The molecule has 1 aliphatic rings. The van der Waals surface area contributed by atoms with E-state index in [2.05, 4.69) is 49.9 Å². The van der Waals surface area contributed by atoms with Crippen molar-refractivity contribution in [2.75, 3.05) is 13.2 Å². The number of benzene rings is 1. The van der Waals surface area contributed by atoms with Crippen LogP contribution < -0.4 is 0 Å². The molecule has 1 aliphatic heterocycles. The average molecular weight is 316 g/mol. The molecule has 2 nitrogen and oxygen atoms in total. The third kappa shape index (κ3) is 6.88. The largest absolute Gasteiger partial charge is 0.353 e. The summed E-state index contributed by atoms with van der Waals surface area (Å²) < 4.78 is 11.2. The molecule has 0 bridgehead atoms. The second kappa shape index (κ2) is 9.89. The molecule has 1 saturated heterocycles. The van der Waals surface area contributed by atoms with Crippen LogP contribution in [0.1, 0.15) is 57.4 Å². The number of aryl methyl sites for hydroxylation is 1. The van der Waals surface area contributed by atoms with E-state index in [-0.39, 0.29) is 11.7 Å². The van der Waals surface area contributed by atoms with Gasteiger partial charge in [0, 0.05) is 0 Å². The van der Waals surface area contributed by atoms with Crippen molar-refractivity contribution in [1.29, 1.82) is 0 Å². The molecule has 2 heteroatoms. The molecular formula is C21H32O2. The predicted molar refractivity (Wildman–Crippen MR) is 96.5 cm³/mol. The van der Waals surface area contributed by atoms with Crippen LogP contribution in [0, 0.1) is 5.41 Å². The molecule has 1 heterocycles. The van der Waals surface area contributed by atoms with Crippen molar-refractivity contribution in [3.63, 3.8) is 0 Å². The first-order chi connectivity index (χ1) is 11.2. The molecule has 0 aromatic heterocycles. The Morgan fingerprint density at radius 1 is 1.09 bits per heavy atom. The minimum absolute atomic E-state index is 0.0487. The van der Waals surface area contributed by atoms with Crippen molar-refractivity contribution in [1.82, 2.24) is 0 Å². The summed E-state index contributed by atoms with van der Waals surface area (Å²) in [5, 5.41) is 0. The van der Waals surface area contributed by atoms with Gasteiger partial charge in [-0.25, -0.2) is 0 Å². The highest BCUT2D eigenvalue weighted by atomic mass is 16.7. The molecular weight excluding hydrogens is 284 g/mol. The van der Waals surface area contributed by atoms with Gasteiger partial charge in [-0.1, -0.05) is 56.2 Å². The minimum Gasteiger partial charge on any atom is -0.353 e. The summed E-state index contributed by atoms with van der Waals surface area (Å²) in [4.78, 5) is 0. The highest BCUT2D eigenvalue weighted by molar-refractivity contribution is 5.15. The Bertz CT molecular complexity index is 436. The molecule has 1 fully saturated rings. The molecule has 1 aromatic carbocycles. The van der Waals surface area contributed by atoms with Gasteiger partial charge in [-0.3, -0.25) is 0 Å². The van der Waals surface area contributed by atoms with Gasteiger partial charge in [0.15, 0.2) is 6.29 Å². The van der Waals surface area contributed by atoms with Crippen LogP contribution in [0.15, 0.2) is 43.0 Å². The molecule has 0 saturated carbocycles. The maximum Gasteiger partial charge on any atom is 0.157 e. The van der Waals surface area contributed by atoms with Crippen molar-refractivity contribution in [2.24, 2.45) is 5.41 Å². The third-order valence-corrected chi connectivity index (χ3v) is 4.90. The fourth-order valence-corrected chi connectivity index (χ4v) is 3.12. The first kappa shape index (κ1) is 18.2. The van der Waals surface area contributed by atoms with Crippen LogP contribution in [0.4, 0.5) is 0 Å². The molecule has 128 valence electrons. The van der Waals surface area contributed by atoms with E-state index >= 15 is 0 Å². The van der Waals surface area contributed by atoms with Crippen molar-refractivity contribution < 1.29 is 9.47 Å². The van der Waals surface area contributed by atoms with Gasteiger partial charge in [0.05, 0.1) is 13.2 Å². The van der Waals surface area contributed by atoms with Gasteiger partial charge in [0.2, 0.25) is 0 Å². The molecule has 0 radical (unpaired) electrons. The summed E-state index contributed by atoms with van der Waals surface area (Å²) in [5.41, 5.74) is 1.67. The van der Waals surface area contributed by atoms with Crippen LogP contribution in [0.2, 0.25) is 0 Å². The molecule has 0 aliphatic carbocycles. The number of hydrogen-bond acceptors (Lipinski definition) is 2. The molecule has 0 amide bonds. The van der Waals surface area contributed by atoms with Gasteiger partial charge in [-0.2, -0.15) is 0 Å². The lowest BCUT2D eigenvalue weighted by atomic mass is 9.79. The maximum atomic E-state index is 5.60. The van der Waals surface area contributed by atoms with Gasteiger partial charge in [0.25, 0.3) is 0 Å². The van der Waals surface area contributed by atoms with E-state index in [1.807, 2.05) is 0 Å². The zero-order chi connectivity index (χ0) is 16.4. The Hall–Kier alpha value is -1.12. The van der Waals surface area contributed by atoms with Crippen LogP contribution in [0.3, 0.4) is 0 Å². The summed E-state index contributed by atoms with van der Waals surface area (Å²) in [6, 6.07) is 10.8. The Kier molecular flexibility index (Phi) is 7.84. The lowest BCUT2D eigenvalue weighted by Crippen LogP contribution is -2.24. The number of unbranched alkanes of at least 4 members (excludes halogenated alkanes) is 2. The van der Waals surface area contributed by atoms with Gasteiger partial charge in [-0.15, -0.1) is 6.58 Å². The van der Waals surface area contributed by atoms with Crippen LogP contribution >= 0.6 is 0 Å². The summed E-state index contributed by atoms with van der Waals surface area (Å²) in [7, 11) is 0. The van der Waals surface area contributed by atoms with E-state index in [9.17, 15) is 0 Å². The normalized spacial score (nSPS) is 18.5. The SMILES string of the molecule is C=C[C@](C)(CCCCCC1OCCCO1)CCc1ccccc1. The van der Waals surface area contributed by atoms with Crippen LogP contribution in [-0.4, -0.2) is 19.5 Å². The van der Waals surface area contributed by atoms with E-state index in [1.54, 1.807) is 0 Å². The number of allylic oxidation sites excluding steroid dienone is 1. The van der Waals surface area contributed by atoms with E-state index < -0.39 is 0 Å².